The van der Waals surface area contributed by atoms with Crippen LogP contribution in [0.3, 0.4) is 0 Å². The van der Waals surface area contributed by atoms with Gasteiger partial charge in [0.15, 0.2) is 0 Å². The van der Waals surface area contributed by atoms with E-state index in [1.165, 1.54) is 24.0 Å². The summed E-state index contributed by atoms with van der Waals surface area (Å²) in [7, 11) is 1.68. The molecule has 2 aromatic rings. The third kappa shape index (κ3) is 3.32. The maximum Gasteiger partial charge on any atom is 0.121 e. The summed E-state index contributed by atoms with van der Waals surface area (Å²) in [5.74, 6) is 0.839. The molecular formula is C16H20N2OS. The van der Waals surface area contributed by atoms with Gasteiger partial charge in [0, 0.05) is 30.9 Å². The number of ether oxygens (including phenoxy) is 1. The number of hydrogen-bond donors (Lipinski definition) is 1. The Labute approximate surface area is 124 Å². The predicted octanol–water partition coefficient (Wildman–Crippen LogP) is 3.50. The first kappa shape index (κ1) is 13.5. The fraction of sp³-hybridized carbons (Fsp3) is 0.375. The maximum absolute atomic E-state index is 5.94. The summed E-state index contributed by atoms with van der Waals surface area (Å²) in [4.78, 5) is 2.54. The zero-order valence-corrected chi connectivity index (χ0v) is 12.5. The van der Waals surface area contributed by atoms with Crippen LogP contribution in [0.25, 0.3) is 0 Å². The van der Waals surface area contributed by atoms with Crippen LogP contribution in [0.4, 0.5) is 5.69 Å². The van der Waals surface area contributed by atoms with Gasteiger partial charge in [0.05, 0.1) is 7.11 Å². The Morgan fingerprint density at radius 2 is 2.05 bits per heavy atom. The van der Waals surface area contributed by atoms with Crippen molar-refractivity contribution in [3.8, 4) is 5.75 Å². The summed E-state index contributed by atoms with van der Waals surface area (Å²) < 4.78 is 5.30. The molecule has 3 rings (SSSR count). The average molecular weight is 288 g/mol. The molecule has 0 radical (unpaired) electrons. The van der Waals surface area contributed by atoms with Gasteiger partial charge in [-0.2, -0.15) is 11.3 Å². The van der Waals surface area contributed by atoms with Crippen molar-refractivity contribution in [3.05, 3.63) is 46.2 Å². The molecule has 0 unspecified atom stereocenters. The van der Waals surface area contributed by atoms with E-state index in [1.54, 1.807) is 18.4 Å². The van der Waals surface area contributed by atoms with E-state index < -0.39 is 0 Å². The number of thiophene rings is 1. The van der Waals surface area contributed by atoms with E-state index >= 15 is 0 Å². The van der Waals surface area contributed by atoms with Gasteiger partial charge in [-0.1, -0.05) is 0 Å². The van der Waals surface area contributed by atoms with Crippen LogP contribution in [0.2, 0.25) is 0 Å². The van der Waals surface area contributed by atoms with Crippen molar-refractivity contribution in [2.75, 3.05) is 12.8 Å². The molecule has 0 amide bonds. The molecule has 1 aliphatic rings. The van der Waals surface area contributed by atoms with Crippen LogP contribution in [0.15, 0.2) is 35.0 Å². The number of nitrogens with zero attached hydrogens (tertiary/aromatic N) is 1. The van der Waals surface area contributed by atoms with Crippen LogP contribution in [-0.4, -0.2) is 18.1 Å². The highest BCUT2D eigenvalue weighted by atomic mass is 32.1. The quantitative estimate of drug-likeness (QED) is 0.827. The Morgan fingerprint density at radius 3 is 2.70 bits per heavy atom. The van der Waals surface area contributed by atoms with E-state index in [1.807, 2.05) is 12.1 Å². The highest BCUT2D eigenvalue weighted by molar-refractivity contribution is 7.07. The topological polar surface area (TPSA) is 38.5 Å². The lowest BCUT2D eigenvalue weighted by atomic mass is 10.1. The minimum absolute atomic E-state index is 0.724. The zero-order chi connectivity index (χ0) is 13.9. The highest BCUT2D eigenvalue weighted by Crippen LogP contribution is 2.31. The van der Waals surface area contributed by atoms with E-state index in [0.29, 0.717) is 0 Å². The van der Waals surface area contributed by atoms with Gasteiger partial charge in [-0.05, 0) is 52.9 Å². The van der Waals surface area contributed by atoms with Gasteiger partial charge in [0.2, 0.25) is 0 Å². The molecule has 20 heavy (non-hydrogen) atoms. The number of methoxy groups -OCH3 is 1. The first-order valence-electron chi connectivity index (χ1n) is 6.93. The highest BCUT2D eigenvalue weighted by Gasteiger charge is 2.29. The fourth-order valence-corrected chi connectivity index (χ4v) is 3.16. The van der Waals surface area contributed by atoms with Crippen molar-refractivity contribution < 1.29 is 4.74 Å². The molecule has 3 nitrogen and oxygen atoms in total. The summed E-state index contributed by atoms with van der Waals surface area (Å²) in [6.45, 7) is 1.95. The molecule has 0 spiro atoms. The number of nitrogen functional groups attached to an aromatic ring is 1. The van der Waals surface area contributed by atoms with Gasteiger partial charge < -0.3 is 10.5 Å². The number of benzene rings is 1. The van der Waals surface area contributed by atoms with Gasteiger partial charge in [0.25, 0.3) is 0 Å². The first-order chi connectivity index (χ1) is 9.74. The standard InChI is InChI=1S/C16H20N2OS/c1-19-16-7-13(6-14(17)8-16)10-18(15-2-3-15)9-12-4-5-20-11-12/h4-8,11,15H,2-3,9-10,17H2,1H3. The van der Waals surface area contributed by atoms with E-state index in [0.717, 1.165) is 30.6 Å². The smallest absolute Gasteiger partial charge is 0.121 e. The van der Waals surface area contributed by atoms with Crippen LogP contribution < -0.4 is 10.5 Å². The van der Waals surface area contributed by atoms with E-state index in [4.69, 9.17) is 10.5 Å². The van der Waals surface area contributed by atoms with Crippen LogP contribution in [0.1, 0.15) is 24.0 Å². The lowest BCUT2D eigenvalue weighted by molar-refractivity contribution is 0.246. The normalized spacial score (nSPS) is 14.7. The molecule has 1 aliphatic carbocycles. The number of rotatable bonds is 6. The van der Waals surface area contributed by atoms with Crippen LogP contribution in [0.5, 0.6) is 5.75 Å². The molecule has 0 bridgehead atoms. The van der Waals surface area contributed by atoms with Gasteiger partial charge in [0.1, 0.15) is 5.75 Å². The fourth-order valence-electron chi connectivity index (χ4n) is 2.50. The monoisotopic (exact) mass is 288 g/mol. The van der Waals surface area contributed by atoms with Crippen LogP contribution in [0, 0.1) is 0 Å². The Bertz CT molecular complexity index is 564. The summed E-state index contributed by atoms with van der Waals surface area (Å²) in [6.07, 6.45) is 2.62. The second kappa shape index (κ2) is 5.85. The Balaban J connectivity index is 1.74. The SMILES string of the molecule is COc1cc(N)cc(CN(Cc2ccsc2)C2CC2)c1. The Morgan fingerprint density at radius 1 is 1.25 bits per heavy atom. The van der Waals surface area contributed by atoms with Crippen LogP contribution >= 0.6 is 11.3 Å². The van der Waals surface area contributed by atoms with Crippen molar-refractivity contribution in [1.82, 2.24) is 4.90 Å². The van der Waals surface area contributed by atoms with Crippen molar-refractivity contribution in [2.24, 2.45) is 0 Å². The molecule has 2 N–H and O–H groups in total. The molecular weight excluding hydrogens is 268 g/mol. The van der Waals surface area contributed by atoms with Gasteiger partial charge in [-0.15, -0.1) is 0 Å². The number of hydrogen-bond acceptors (Lipinski definition) is 4. The minimum Gasteiger partial charge on any atom is -0.497 e. The predicted molar refractivity (Wildman–Crippen MR) is 84.0 cm³/mol. The largest absolute Gasteiger partial charge is 0.497 e. The molecule has 0 atom stereocenters. The van der Waals surface area contributed by atoms with Gasteiger partial charge in [-0.25, -0.2) is 0 Å². The van der Waals surface area contributed by atoms with Crippen molar-refractivity contribution in [1.29, 1.82) is 0 Å². The number of anilines is 1. The van der Waals surface area contributed by atoms with E-state index in [9.17, 15) is 0 Å². The van der Waals surface area contributed by atoms with E-state index in [-0.39, 0.29) is 0 Å². The van der Waals surface area contributed by atoms with Crippen molar-refractivity contribution >= 4 is 17.0 Å². The summed E-state index contributed by atoms with van der Waals surface area (Å²) in [5, 5.41) is 4.37. The maximum atomic E-state index is 5.94. The third-order valence-corrected chi connectivity index (χ3v) is 4.37. The van der Waals surface area contributed by atoms with Gasteiger partial charge >= 0.3 is 0 Å². The number of nitrogens with two attached hydrogens (primary N) is 1. The summed E-state index contributed by atoms with van der Waals surface area (Å²) in [6, 6.07) is 8.93. The second-order valence-electron chi connectivity index (χ2n) is 5.38. The molecule has 4 heteroatoms. The summed E-state index contributed by atoms with van der Waals surface area (Å²) >= 11 is 1.76. The average Bonchev–Trinajstić information content (AvgIpc) is 3.16. The molecule has 1 aromatic carbocycles. The molecule has 1 saturated carbocycles. The minimum atomic E-state index is 0.724. The second-order valence-corrected chi connectivity index (χ2v) is 6.16. The molecule has 0 saturated heterocycles. The lowest BCUT2D eigenvalue weighted by Crippen LogP contribution is -2.24. The lowest BCUT2D eigenvalue weighted by Gasteiger charge is -2.22. The van der Waals surface area contributed by atoms with Crippen LogP contribution in [-0.2, 0) is 13.1 Å². The van der Waals surface area contributed by atoms with Crippen molar-refractivity contribution in [3.63, 3.8) is 0 Å². The third-order valence-electron chi connectivity index (χ3n) is 3.64. The Hall–Kier alpha value is -1.52. The van der Waals surface area contributed by atoms with E-state index in [2.05, 4.69) is 27.8 Å². The molecule has 1 heterocycles. The zero-order valence-electron chi connectivity index (χ0n) is 11.7. The molecule has 106 valence electrons. The molecule has 1 aromatic heterocycles. The van der Waals surface area contributed by atoms with Gasteiger partial charge in [-0.3, -0.25) is 4.90 Å². The molecule has 1 fully saturated rings. The molecule has 0 aliphatic heterocycles. The Kier molecular flexibility index (Phi) is 3.94. The first-order valence-corrected chi connectivity index (χ1v) is 7.87. The summed E-state index contributed by atoms with van der Waals surface area (Å²) in [5.41, 5.74) is 9.34. The van der Waals surface area contributed by atoms with Crippen molar-refractivity contribution in [2.45, 2.75) is 32.0 Å².